The summed E-state index contributed by atoms with van der Waals surface area (Å²) in [6.45, 7) is 4.58. The van der Waals surface area contributed by atoms with Crippen LogP contribution in [-0.2, 0) is 6.42 Å². The van der Waals surface area contributed by atoms with E-state index in [0.29, 0.717) is 0 Å². The summed E-state index contributed by atoms with van der Waals surface area (Å²) in [5.74, 6) is 1.83. The first-order valence-electron chi connectivity index (χ1n) is 10.1. The lowest BCUT2D eigenvalue weighted by molar-refractivity contribution is 0.374. The van der Waals surface area contributed by atoms with Crippen molar-refractivity contribution in [3.8, 4) is 0 Å². The quantitative estimate of drug-likeness (QED) is 0.516. The topological polar surface area (TPSA) is 0 Å². The second-order valence-electron chi connectivity index (χ2n) is 7.81. The van der Waals surface area contributed by atoms with Crippen LogP contribution in [0.1, 0.15) is 95.1 Å². The molecule has 0 atom stereocenters. The van der Waals surface area contributed by atoms with E-state index in [-0.39, 0.29) is 0 Å². The molecule has 126 valence electrons. The van der Waals surface area contributed by atoms with Crippen molar-refractivity contribution in [1.82, 2.24) is 0 Å². The van der Waals surface area contributed by atoms with E-state index in [9.17, 15) is 0 Å². The van der Waals surface area contributed by atoms with Crippen molar-refractivity contribution in [1.29, 1.82) is 0 Å². The molecule has 1 aromatic rings. The molecule has 0 unspecified atom stereocenters. The Hall–Kier alpha value is -1.04. The Labute approximate surface area is 143 Å². The molecule has 0 spiro atoms. The lowest BCUT2D eigenvalue weighted by atomic mass is 9.75. The zero-order valence-corrected chi connectivity index (χ0v) is 15.2. The molecule has 3 rings (SSSR count). The molecule has 0 aromatic heterocycles. The molecule has 0 aliphatic heterocycles. The third kappa shape index (κ3) is 4.28. The summed E-state index contributed by atoms with van der Waals surface area (Å²) in [7, 11) is 0. The average Bonchev–Trinajstić information content (AvgIpc) is 2.63. The lowest BCUT2D eigenvalue weighted by Gasteiger charge is -2.30. The van der Waals surface area contributed by atoms with Gasteiger partial charge in [-0.3, -0.25) is 0 Å². The fourth-order valence-corrected chi connectivity index (χ4v) is 4.76. The molecule has 0 heterocycles. The van der Waals surface area contributed by atoms with Gasteiger partial charge in [0.25, 0.3) is 0 Å². The number of rotatable bonds is 4. The van der Waals surface area contributed by atoms with Gasteiger partial charge in [-0.1, -0.05) is 62.1 Å². The SMILES string of the molecule is CCCC1CCC(=C2CCC(c3ccc(CC)cc3)CC2)CC1. The van der Waals surface area contributed by atoms with Gasteiger partial charge in [0.15, 0.2) is 0 Å². The van der Waals surface area contributed by atoms with Crippen LogP contribution in [0.25, 0.3) is 0 Å². The van der Waals surface area contributed by atoms with E-state index in [0.717, 1.165) is 18.3 Å². The molecule has 2 aliphatic rings. The van der Waals surface area contributed by atoms with Crippen LogP contribution in [0.2, 0.25) is 0 Å². The van der Waals surface area contributed by atoms with Crippen LogP contribution >= 0.6 is 0 Å². The summed E-state index contributed by atoms with van der Waals surface area (Å²) < 4.78 is 0. The van der Waals surface area contributed by atoms with Gasteiger partial charge in [-0.2, -0.15) is 0 Å². The number of hydrogen-bond donors (Lipinski definition) is 0. The molecular weight excluding hydrogens is 276 g/mol. The number of benzene rings is 1. The second kappa shape index (κ2) is 8.18. The maximum absolute atomic E-state index is 2.39. The molecule has 0 N–H and O–H groups in total. The Morgan fingerprint density at radius 3 is 1.87 bits per heavy atom. The minimum atomic E-state index is 0.807. The second-order valence-corrected chi connectivity index (χ2v) is 7.81. The van der Waals surface area contributed by atoms with Crippen LogP contribution in [0.15, 0.2) is 35.4 Å². The minimum Gasteiger partial charge on any atom is -0.0710 e. The van der Waals surface area contributed by atoms with Crippen LogP contribution in [0.5, 0.6) is 0 Å². The molecule has 0 radical (unpaired) electrons. The zero-order valence-electron chi connectivity index (χ0n) is 15.2. The summed E-state index contributed by atoms with van der Waals surface area (Å²) in [6, 6.07) is 9.44. The Morgan fingerprint density at radius 2 is 1.35 bits per heavy atom. The number of allylic oxidation sites excluding steroid dienone is 2. The number of hydrogen-bond acceptors (Lipinski definition) is 0. The Balaban J connectivity index is 1.54. The molecule has 2 saturated carbocycles. The Bertz CT molecular complexity index is 499. The van der Waals surface area contributed by atoms with Gasteiger partial charge in [0.1, 0.15) is 0 Å². The maximum atomic E-state index is 2.39. The zero-order chi connectivity index (χ0) is 16.1. The van der Waals surface area contributed by atoms with Crippen molar-refractivity contribution in [2.45, 2.75) is 90.4 Å². The van der Waals surface area contributed by atoms with E-state index in [1.54, 1.807) is 5.56 Å². The monoisotopic (exact) mass is 310 g/mol. The highest BCUT2D eigenvalue weighted by Gasteiger charge is 2.23. The lowest BCUT2D eigenvalue weighted by Crippen LogP contribution is -2.13. The third-order valence-corrected chi connectivity index (χ3v) is 6.35. The molecule has 0 amide bonds. The average molecular weight is 311 g/mol. The van der Waals surface area contributed by atoms with Crippen LogP contribution in [0, 0.1) is 5.92 Å². The third-order valence-electron chi connectivity index (χ3n) is 6.35. The van der Waals surface area contributed by atoms with Crippen LogP contribution in [-0.4, -0.2) is 0 Å². The molecule has 0 nitrogen and oxygen atoms in total. The Morgan fingerprint density at radius 1 is 0.783 bits per heavy atom. The first-order chi connectivity index (χ1) is 11.3. The number of aryl methyl sites for hydroxylation is 1. The van der Waals surface area contributed by atoms with Gasteiger partial charge in [0.05, 0.1) is 0 Å². The summed E-state index contributed by atoms with van der Waals surface area (Å²) >= 11 is 0. The minimum absolute atomic E-state index is 0.807. The highest BCUT2D eigenvalue weighted by atomic mass is 14.3. The van der Waals surface area contributed by atoms with Gasteiger partial charge in [-0.05, 0) is 80.8 Å². The van der Waals surface area contributed by atoms with Gasteiger partial charge < -0.3 is 0 Å². The molecular formula is C23H34. The largest absolute Gasteiger partial charge is 0.0710 e. The molecule has 2 aliphatic carbocycles. The maximum Gasteiger partial charge on any atom is -0.0156 e. The van der Waals surface area contributed by atoms with Crippen LogP contribution in [0.4, 0.5) is 0 Å². The normalized spacial score (nSPS) is 25.7. The van der Waals surface area contributed by atoms with Gasteiger partial charge in [0.2, 0.25) is 0 Å². The standard InChI is InChI=1S/C23H34/c1-3-5-19-8-12-21(13-9-19)23-16-14-22(15-17-23)20-10-6-18(4-2)7-11-20/h6-7,10-11,19,22H,3-5,8-9,12-17H2,1-2H3. The van der Waals surface area contributed by atoms with E-state index in [1.165, 1.54) is 69.8 Å². The van der Waals surface area contributed by atoms with Gasteiger partial charge in [-0.25, -0.2) is 0 Å². The van der Waals surface area contributed by atoms with Crippen molar-refractivity contribution >= 4 is 0 Å². The summed E-state index contributed by atoms with van der Waals surface area (Å²) in [4.78, 5) is 0. The van der Waals surface area contributed by atoms with E-state index >= 15 is 0 Å². The molecule has 0 heteroatoms. The first kappa shape index (κ1) is 16.8. The van der Waals surface area contributed by atoms with Gasteiger partial charge in [0, 0.05) is 0 Å². The predicted molar refractivity (Wildman–Crippen MR) is 101 cm³/mol. The summed E-state index contributed by atoms with van der Waals surface area (Å²) in [5, 5.41) is 0. The highest BCUT2D eigenvalue weighted by Crippen LogP contribution is 2.41. The van der Waals surface area contributed by atoms with Gasteiger partial charge >= 0.3 is 0 Å². The van der Waals surface area contributed by atoms with Crippen molar-refractivity contribution in [3.63, 3.8) is 0 Å². The molecule has 23 heavy (non-hydrogen) atoms. The van der Waals surface area contributed by atoms with E-state index in [2.05, 4.69) is 38.1 Å². The van der Waals surface area contributed by atoms with Crippen molar-refractivity contribution in [2.24, 2.45) is 5.92 Å². The molecule has 1 aromatic carbocycles. The van der Waals surface area contributed by atoms with Gasteiger partial charge in [-0.15, -0.1) is 0 Å². The van der Waals surface area contributed by atoms with E-state index in [1.807, 2.05) is 11.1 Å². The summed E-state index contributed by atoms with van der Waals surface area (Å²) in [5.41, 5.74) is 6.76. The predicted octanol–water partition coefficient (Wildman–Crippen LogP) is 7.19. The highest BCUT2D eigenvalue weighted by molar-refractivity contribution is 5.28. The first-order valence-corrected chi connectivity index (χ1v) is 10.1. The van der Waals surface area contributed by atoms with Crippen molar-refractivity contribution in [2.75, 3.05) is 0 Å². The van der Waals surface area contributed by atoms with E-state index < -0.39 is 0 Å². The van der Waals surface area contributed by atoms with E-state index in [4.69, 9.17) is 0 Å². The van der Waals surface area contributed by atoms with Crippen LogP contribution in [0.3, 0.4) is 0 Å². The Kier molecular flexibility index (Phi) is 5.97. The smallest absolute Gasteiger partial charge is 0.0156 e. The summed E-state index contributed by atoms with van der Waals surface area (Å²) in [6.07, 6.45) is 15.2. The molecule has 0 saturated heterocycles. The molecule has 2 fully saturated rings. The van der Waals surface area contributed by atoms with Crippen molar-refractivity contribution in [3.05, 3.63) is 46.5 Å². The fraction of sp³-hybridized carbons (Fsp3) is 0.652. The molecule has 0 bridgehead atoms. The van der Waals surface area contributed by atoms with Crippen molar-refractivity contribution < 1.29 is 0 Å². The fourth-order valence-electron chi connectivity index (χ4n) is 4.76. The van der Waals surface area contributed by atoms with Crippen LogP contribution < -0.4 is 0 Å².